The van der Waals surface area contributed by atoms with Gasteiger partial charge in [-0.3, -0.25) is 4.90 Å². The second-order valence-corrected chi connectivity index (χ2v) is 7.83. The summed E-state index contributed by atoms with van der Waals surface area (Å²) < 4.78 is 19.1. The molecule has 1 aliphatic heterocycles. The average Bonchev–Trinajstić information content (AvgIpc) is 2.66. The van der Waals surface area contributed by atoms with Crippen molar-refractivity contribution in [1.82, 2.24) is 9.80 Å². The Labute approximate surface area is 164 Å². The average molecular weight is 375 g/mol. The van der Waals surface area contributed by atoms with E-state index in [4.69, 9.17) is 4.74 Å². The lowest BCUT2D eigenvalue weighted by atomic mass is 9.77. The van der Waals surface area contributed by atoms with Gasteiger partial charge in [0.1, 0.15) is 5.83 Å². The molecule has 150 valence electrons. The second-order valence-electron chi connectivity index (χ2n) is 7.83. The van der Waals surface area contributed by atoms with Gasteiger partial charge in [0.15, 0.2) is 0 Å². The molecule has 1 heterocycles. The zero-order chi connectivity index (χ0) is 19.9. The molecule has 0 radical (unpaired) electrons. The maximum Gasteiger partial charge on any atom is 0.118 e. The van der Waals surface area contributed by atoms with Crippen molar-refractivity contribution in [2.24, 2.45) is 5.41 Å². The van der Waals surface area contributed by atoms with E-state index in [1.165, 1.54) is 5.70 Å². The lowest BCUT2D eigenvalue weighted by Crippen LogP contribution is -2.47. The van der Waals surface area contributed by atoms with E-state index in [1.807, 2.05) is 19.1 Å². The lowest BCUT2D eigenvalue weighted by molar-refractivity contribution is 0.00693. The van der Waals surface area contributed by atoms with Crippen LogP contribution in [0.5, 0.6) is 0 Å². The first-order valence-corrected chi connectivity index (χ1v) is 9.93. The molecule has 1 saturated heterocycles. The molecule has 2 atom stereocenters. The summed E-state index contributed by atoms with van der Waals surface area (Å²) in [5.74, 6) is -0.141. The molecule has 1 fully saturated rings. The van der Waals surface area contributed by atoms with Crippen molar-refractivity contribution in [3.8, 4) is 0 Å². The fourth-order valence-corrected chi connectivity index (χ4v) is 3.90. The molecule has 2 aliphatic rings. The molecule has 0 bridgehead atoms. The molecule has 2 unspecified atom stereocenters. The van der Waals surface area contributed by atoms with Gasteiger partial charge in [-0.05, 0) is 50.5 Å². The van der Waals surface area contributed by atoms with Crippen LogP contribution in [0.3, 0.4) is 0 Å². The topological polar surface area (TPSA) is 15.7 Å². The van der Waals surface area contributed by atoms with Crippen molar-refractivity contribution in [3.05, 3.63) is 60.1 Å². The number of halogens is 1. The van der Waals surface area contributed by atoms with Crippen molar-refractivity contribution < 1.29 is 9.13 Å². The molecule has 4 heteroatoms. The Hall–Kier alpha value is -1.65. The van der Waals surface area contributed by atoms with Crippen LogP contribution in [0.1, 0.15) is 33.6 Å². The fourth-order valence-electron chi connectivity index (χ4n) is 3.90. The summed E-state index contributed by atoms with van der Waals surface area (Å²) >= 11 is 0. The molecular formula is C23H35FN2O. The number of ether oxygens (including phenoxy) is 1. The Morgan fingerprint density at radius 2 is 2.07 bits per heavy atom. The quantitative estimate of drug-likeness (QED) is 0.564. The molecule has 3 nitrogen and oxygen atoms in total. The summed E-state index contributed by atoms with van der Waals surface area (Å²) in [6.45, 7) is 15.5. The minimum atomic E-state index is -0.141. The van der Waals surface area contributed by atoms with E-state index in [1.54, 1.807) is 19.3 Å². The summed E-state index contributed by atoms with van der Waals surface area (Å²) in [5, 5.41) is 0. The van der Waals surface area contributed by atoms with Gasteiger partial charge >= 0.3 is 0 Å². The highest BCUT2D eigenvalue weighted by Gasteiger charge is 2.33. The fraction of sp³-hybridized carbons (Fsp3) is 0.565. The molecule has 1 aliphatic carbocycles. The van der Waals surface area contributed by atoms with Crippen molar-refractivity contribution in [3.63, 3.8) is 0 Å². The third kappa shape index (κ3) is 5.91. The van der Waals surface area contributed by atoms with Crippen molar-refractivity contribution in [1.29, 1.82) is 0 Å². The molecule has 0 N–H and O–H groups in total. The van der Waals surface area contributed by atoms with Crippen molar-refractivity contribution in [2.45, 2.75) is 39.7 Å². The first kappa shape index (κ1) is 21.6. The zero-order valence-corrected chi connectivity index (χ0v) is 17.4. The Morgan fingerprint density at radius 1 is 1.37 bits per heavy atom. The maximum absolute atomic E-state index is 13.3. The van der Waals surface area contributed by atoms with Crippen LogP contribution in [-0.2, 0) is 4.74 Å². The Morgan fingerprint density at radius 3 is 2.59 bits per heavy atom. The highest BCUT2D eigenvalue weighted by atomic mass is 19.1. The first-order valence-electron chi connectivity index (χ1n) is 9.93. The van der Waals surface area contributed by atoms with Gasteiger partial charge in [0.05, 0.1) is 6.10 Å². The molecule has 0 saturated carbocycles. The van der Waals surface area contributed by atoms with E-state index in [-0.39, 0.29) is 17.3 Å². The van der Waals surface area contributed by atoms with Gasteiger partial charge in [0.25, 0.3) is 0 Å². The monoisotopic (exact) mass is 374 g/mol. The van der Waals surface area contributed by atoms with Crippen LogP contribution in [0.15, 0.2) is 60.1 Å². The van der Waals surface area contributed by atoms with Crippen LogP contribution in [0.2, 0.25) is 0 Å². The van der Waals surface area contributed by atoms with Crippen LogP contribution < -0.4 is 0 Å². The van der Waals surface area contributed by atoms with Gasteiger partial charge in [0, 0.05) is 50.9 Å². The van der Waals surface area contributed by atoms with Gasteiger partial charge in [-0.15, -0.1) is 0 Å². The van der Waals surface area contributed by atoms with Crippen LogP contribution in [-0.4, -0.2) is 55.7 Å². The van der Waals surface area contributed by atoms with Gasteiger partial charge in [-0.1, -0.05) is 31.7 Å². The zero-order valence-electron chi connectivity index (χ0n) is 17.4. The summed E-state index contributed by atoms with van der Waals surface area (Å²) in [5.41, 5.74) is 2.21. The largest absolute Gasteiger partial charge is 0.381 e. The molecule has 0 aromatic carbocycles. The van der Waals surface area contributed by atoms with Crippen LogP contribution >= 0.6 is 0 Å². The Bertz CT molecular complexity index is 626. The van der Waals surface area contributed by atoms with Crippen molar-refractivity contribution >= 4 is 0 Å². The predicted molar refractivity (Wildman–Crippen MR) is 112 cm³/mol. The molecule has 27 heavy (non-hydrogen) atoms. The normalized spacial score (nSPS) is 25.7. The van der Waals surface area contributed by atoms with E-state index < -0.39 is 0 Å². The Balaban J connectivity index is 1.86. The number of methoxy groups -OCH3 is 1. The van der Waals surface area contributed by atoms with Gasteiger partial charge < -0.3 is 9.64 Å². The van der Waals surface area contributed by atoms with E-state index in [0.717, 1.165) is 44.7 Å². The summed E-state index contributed by atoms with van der Waals surface area (Å²) in [7, 11) is 1.77. The molecular weight excluding hydrogens is 339 g/mol. The molecule has 0 aromatic rings. The van der Waals surface area contributed by atoms with Crippen LogP contribution in [0.4, 0.5) is 4.39 Å². The first-order chi connectivity index (χ1) is 12.9. The standard InChI is InChI=1S/C23H35FN2O/c1-6-7-8-21(19(2)3)26-17-15-25(16-18-26)14-11-22(27-5)23(4)12-9-20(24)10-13-23/h6-10,12,22H,2,11,13-18H2,1,3-5H3/b7-6-,21-8+. The molecule has 0 aromatic heterocycles. The highest BCUT2D eigenvalue weighted by Crippen LogP contribution is 2.36. The van der Waals surface area contributed by atoms with E-state index >= 15 is 0 Å². The summed E-state index contributed by atoms with van der Waals surface area (Å²) in [6, 6.07) is 0. The van der Waals surface area contributed by atoms with Gasteiger partial charge in [-0.2, -0.15) is 0 Å². The number of hydrogen-bond donors (Lipinski definition) is 0. The molecule has 0 spiro atoms. The number of rotatable bonds is 8. The predicted octanol–water partition coefficient (Wildman–Crippen LogP) is 4.86. The van der Waals surface area contributed by atoms with Crippen molar-refractivity contribution in [2.75, 3.05) is 39.8 Å². The third-order valence-electron chi connectivity index (χ3n) is 5.68. The van der Waals surface area contributed by atoms with E-state index in [9.17, 15) is 4.39 Å². The molecule has 0 amide bonds. The maximum atomic E-state index is 13.3. The van der Waals surface area contributed by atoms with Crippen LogP contribution in [0.25, 0.3) is 0 Å². The van der Waals surface area contributed by atoms with E-state index in [0.29, 0.717) is 6.42 Å². The SMILES string of the molecule is C=C(C)/C(=C\C=C/C)N1CCN(CCC(OC)C2(C)C=CC(F)=CC2)CC1. The smallest absolute Gasteiger partial charge is 0.118 e. The summed E-state index contributed by atoms with van der Waals surface area (Å²) in [6.07, 6.45) is 13.2. The molecule has 2 rings (SSSR count). The number of hydrogen-bond acceptors (Lipinski definition) is 3. The van der Waals surface area contributed by atoms with E-state index in [2.05, 4.69) is 42.4 Å². The summed E-state index contributed by atoms with van der Waals surface area (Å²) in [4.78, 5) is 4.92. The van der Waals surface area contributed by atoms with Gasteiger partial charge in [0.2, 0.25) is 0 Å². The Kier molecular flexibility index (Phi) is 8.06. The third-order valence-corrected chi connectivity index (χ3v) is 5.68. The number of nitrogens with zero attached hydrogens (tertiary/aromatic N) is 2. The van der Waals surface area contributed by atoms with Crippen LogP contribution in [0, 0.1) is 5.41 Å². The highest BCUT2D eigenvalue weighted by molar-refractivity contribution is 5.29. The second kappa shape index (κ2) is 10.0. The number of piperazine rings is 1. The van der Waals surface area contributed by atoms with Gasteiger partial charge in [-0.25, -0.2) is 4.39 Å². The minimum Gasteiger partial charge on any atom is -0.381 e. The lowest BCUT2D eigenvalue weighted by Gasteiger charge is -2.40. The minimum absolute atomic E-state index is 0.0942. The number of allylic oxidation sites excluding steroid dienone is 7.